The molecule has 0 radical (unpaired) electrons. The maximum absolute atomic E-state index is 8.70. The minimum atomic E-state index is 0.166. The van der Waals surface area contributed by atoms with Crippen molar-refractivity contribution >= 4 is 0 Å². The Kier molecular flexibility index (Phi) is 6.84. The fourth-order valence-corrected chi connectivity index (χ4v) is 1.76. The fourth-order valence-electron chi connectivity index (χ4n) is 1.76. The van der Waals surface area contributed by atoms with Gasteiger partial charge in [0.15, 0.2) is 0 Å². The highest BCUT2D eigenvalue weighted by atomic mass is 16.2. The van der Waals surface area contributed by atoms with Crippen molar-refractivity contribution < 1.29 is 5.11 Å². The largest absolute Gasteiger partial charge is 0.396 e. The summed E-state index contributed by atoms with van der Waals surface area (Å²) in [7, 11) is 0. The van der Waals surface area contributed by atoms with Gasteiger partial charge in [-0.3, -0.25) is 4.68 Å². The van der Waals surface area contributed by atoms with E-state index in [0.717, 1.165) is 37.9 Å². The van der Waals surface area contributed by atoms with Crippen LogP contribution in [0.5, 0.6) is 0 Å². The van der Waals surface area contributed by atoms with Crippen LogP contribution in [0, 0.1) is 0 Å². The van der Waals surface area contributed by atoms with Crippen LogP contribution in [0.3, 0.4) is 0 Å². The van der Waals surface area contributed by atoms with Crippen molar-refractivity contribution in [1.82, 2.24) is 15.1 Å². The Morgan fingerprint density at radius 1 is 1.53 bits per heavy atom. The molecule has 1 rings (SSSR count). The molecule has 0 spiro atoms. The molecule has 17 heavy (non-hydrogen) atoms. The van der Waals surface area contributed by atoms with Gasteiger partial charge in [-0.2, -0.15) is 5.10 Å². The van der Waals surface area contributed by atoms with Crippen LogP contribution in [0.15, 0.2) is 12.4 Å². The molecule has 0 amide bonds. The number of aliphatic hydroxyl groups excluding tert-OH is 1. The molecule has 0 saturated carbocycles. The molecule has 1 aromatic heterocycles. The summed E-state index contributed by atoms with van der Waals surface area (Å²) in [6.45, 7) is 4.78. The molecule has 1 unspecified atom stereocenters. The number of nitrogens with two attached hydrogens (primary N) is 1. The van der Waals surface area contributed by atoms with Gasteiger partial charge in [0, 0.05) is 37.5 Å². The van der Waals surface area contributed by atoms with E-state index >= 15 is 0 Å². The predicted octanol–water partition coefficient (Wildman–Crippen LogP) is 0.655. The summed E-state index contributed by atoms with van der Waals surface area (Å²) < 4.78 is 1.95. The van der Waals surface area contributed by atoms with Crippen LogP contribution in [0.25, 0.3) is 0 Å². The molecule has 5 heteroatoms. The number of hydrogen-bond acceptors (Lipinski definition) is 4. The average Bonchev–Trinajstić information content (AvgIpc) is 2.78. The molecule has 0 aliphatic heterocycles. The number of aromatic nitrogens is 2. The number of aliphatic hydroxyl groups is 1. The topological polar surface area (TPSA) is 76.1 Å². The quantitative estimate of drug-likeness (QED) is 0.554. The van der Waals surface area contributed by atoms with Gasteiger partial charge in [0.1, 0.15) is 0 Å². The van der Waals surface area contributed by atoms with Crippen molar-refractivity contribution in [3.8, 4) is 0 Å². The molecule has 98 valence electrons. The lowest BCUT2D eigenvalue weighted by molar-refractivity contribution is 0.282. The fraction of sp³-hybridized carbons (Fsp3) is 0.750. The first kappa shape index (κ1) is 14.2. The van der Waals surface area contributed by atoms with E-state index < -0.39 is 0 Å². The average molecular weight is 240 g/mol. The molecule has 0 bridgehead atoms. The van der Waals surface area contributed by atoms with E-state index in [1.165, 1.54) is 0 Å². The summed E-state index contributed by atoms with van der Waals surface area (Å²) in [6, 6.07) is 0.166. The maximum atomic E-state index is 8.70. The van der Waals surface area contributed by atoms with Crippen LogP contribution < -0.4 is 11.1 Å². The standard InChI is InChI=1S/C12H24N4O/c1-2-6-16-10-11(9-15-16)12(8-13)14-5-3-4-7-17/h9-10,12,14,17H,2-8,13H2,1H3. The van der Waals surface area contributed by atoms with Gasteiger partial charge in [-0.15, -0.1) is 0 Å². The van der Waals surface area contributed by atoms with E-state index in [1.54, 1.807) is 0 Å². The molecule has 1 heterocycles. The zero-order valence-electron chi connectivity index (χ0n) is 10.6. The molecular formula is C12H24N4O. The van der Waals surface area contributed by atoms with Gasteiger partial charge >= 0.3 is 0 Å². The molecule has 1 atom stereocenters. The Balaban J connectivity index is 2.42. The number of hydrogen-bond donors (Lipinski definition) is 3. The molecule has 0 aromatic carbocycles. The highest BCUT2D eigenvalue weighted by molar-refractivity contribution is 5.10. The van der Waals surface area contributed by atoms with Gasteiger partial charge in [-0.1, -0.05) is 6.92 Å². The van der Waals surface area contributed by atoms with E-state index in [-0.39, 0.29) is 12.6 Å². The van der Waals surface area contributed by atoms with Crippen LogP contribution in [-0.4, -0.2) is 34.6 Å². The highest BCUT2D eigenvalue weighted by Gasteiger charge is 2.10. The molecule has 0 saturated heterocycles. The molecule has 0 fully saturated rings. The minimum absolute atomic E-state index is 0.166. The van der Waals surface area contributed by atoms with E-state index in [0.29, 0.717) is 6.54 Å². The SMILES string of the molecule is CCCn1cc(C(CN)NCCCCO)cn1. The normalized spacial score (nSPS) is 12.9. The van der Waals surface area contributed by atoms with Crippen molar-refractivity contribution in [2.75, 3.05) is 19.7 Å². The smallest absolute Gasteiger partial charge is 0.0538 e. The molecule has 1 aromatic rings. The summed E-state index contributed by atoms with van der Waals surface area (Å²) in [5.41, 5.74) is 6.90. The zero-order chi connectivity index (χ0) is 12.5. The van der Waals surface area contributed by atoms with Crippen molar-refractivity contribution in [3.63, 3.8) is 0 Å². The summed E-state index contributed by atoms with van der Waals surface area (Å²) in [4.78, 5) is 0. The van der Waals surface area contributed by atoms with Gasteiger partial charge in [-0.25, -0.2) is 0 Å². The van der Waals surface area contributed by atoms with Crippen LogP contribution in [-0.2, 0) is 6.54 Å². The molecule has 5 nitrogen and oxygen atoms in total. The molecular weight excluding hydrogens is 216 g/mol. The predicted molar refractivity (Wildman–Crippen MR) is 68.6 cm³/mol. The first-order valence-electron chi connectivity index (χ1n) is 6.38. The van der Waals surface area contributed by atoms with Crippen molar-refractivity contribution in [3.05, 3.63) is 18.0 Å². The lowest BCUT2D eigenvalue weighted by Gasteiger charge is -2.14. The third-order valence-corrected chi connectivity index (χ3v) is 2.72. The van der Waals surface area contributed by atoms with Gasteiger partial charge in [-0.05, 0) is 25.8 Å². The Bertz CT molecular complexity index is 300. The second-order valence-corrected chi connectivity index (χ2v) is 4.21. The van der Waals surface area contributed by atoms with Crippen LogP contribution in [0.2, 0.25) is 0 Å². The highest BCUT2D eigenvalue weighted by Crippen LogP contribution is 2.10. The Morgan fingerprint density at radius 3 is 3.00 bits per heavy atom. The second-order valence-electron chi connectivity index (χ2n) is 4.21. The lowest BCUT2D eigenvalue weighted by atomic mass is 10.1. The summed E-state index contributed by atoms with van der Waals surface area (Å²) in [5.74, 6) is 0. The number of nitrogens with one attached hydrogen (secondary N) is 1. The van der Waals surface area contributed by atoms with Gasteiger partial charge in [0.05, 0.1) is 6.20 Å². The van der Waals surface area contributed by atoms with Crippen molar-refractivity contribution in [2.24, 2.45) is 5.73 Å². The maximum Gasteiger partial charge on any atom is 0.0538 e. The number of rotatable bonds is 9. The summed E-state index contributed by atoms with van der Waals surface area (Å²) in [6.07, 6.45) is 6.82. The third kappa shape index (κ3) is 4.85. The van der Waals surface area contributed by atoms with E-state index in [9.17, 15) is 0 Å². The number of unbranched alkanes of at least 4 members (excludes halogenated alkanes) is 1. The molecule has 4 N–H and O–H groups in total. The summed E-state index contributed by atoms with van der Waals surface area (Å²) >= 11 is 0. The molecule has 0 aliphatic carbocycles. The monoisotopic (exact) mass is 240 g/mol. The van der Waals surface area contributed by atoms with Crippen LogP contribution in [0.1, 0.15) is 37.8 Å². The van der Waals surface area contributed by atoms with Crippen molar-refractivity contribution in [1.29, 1.82) is 0 Å². The third-order valence-electron chi connectivity index (χ3n) is 2.72. The zero-order valence-corrected chi connectivity index (χ0v) is 10.6. The Morgan fingerprint density at radius 2 is 2.35 bits per heavy atom. The minimum Gasteiger partial charge on any atom is -0.396 e. The van der Waals surface area contributed by atoms with E-state index in [1.807, 2.05) is 10.9 Å². The Labute approximate surface area is 103 Å². The van der Waals surface area contributed by atoms with E-state index in [2.05, 4.69) is 23.5 Å². The number of aryl methyl sites for hydroxylation is 1. The first-order chi connectivity index (χ1) is 8.31. The van der Waals surface area contributed by atoms with Gasteiger partial charge in [0.2, 0.25) is 0 Å². The van der Waals surface area contributed by atoms with Crippen LogP contribution >= 0.6 is 0 Å². The van der Waals surface area contributed by atoms with Crippen LogP contribution in [0.4, 0.5) is 0 Å². The second kappa shape index (κ2) is 8.22. The molecule has 0 aliphatic rings. The lowest BCUT2D eigenvalue weighted by Crippen LogP contribution is -2.28. The summed E-state index contributed by atoms with van der Waals surface area (Å²) in [5, 5.41) is 16.4. The van der Waals surface area contributed by atoms with E-state index in [4.69, 9.17) is 10.8 Å². The van der Waals surface area contributed by atoms with Gasteiger partial charge in [0.25, 0.3) is 0 Å². The van der Waals surface area contributed by atoms with Crippen molar-refractivity contribution in [2.45, 2.75) is 38.8 Å². The first-order valence-corrected chi connectivity index (χ1v) is 6.38. The number of nitrogens with zero attached hydrogens (tertiary/aromatic N) is 2. The van der Waals surface area contributed by atoms with Gasteiger partial charge < -0.3 is 16.2 Å². The Hall–Kier alpha value is -0.910.